The average Bonchev–Trinajstić information content (AvgIpc) is 3.02. The first-order valence-electron chi connectivity index (χ1n) is 6.96. The second-order valence-corrected chi connectivity index (χ2v) is 6.41. The van der Waals surface area contributed by atoms with Crippen molar-refractivity contribution >= 4 is 23.6 Å². The summed E-state index contributed by atoms with van der Waals surface area (Å²) in [6.07, 6.45) is 2.17. The highest BCUT2D eigenvalue weighted by Crippen LogP contribution is 2.26. The highest BCUT2D eigenvalue weighted by Gasteiger charge is 2.37. The normalized spacial score (nSPS) is 22.0. The maximum Gasteiger partial charge on any atom is 0.308 e. The molecular formula is C13H20N4O3S. The summed E-state index contributed by atoms with van der Waals surface area (Å²) in [7, 11) is 0. The fourth-order valence-electron chi connectivity index (χ4n) is 2.52. The van der Waals surface area contributed by atoms with E-state index >= 15 is 0 Å². The van der Waals surface area contributed by atoms with Crippen molar-refractivity contribution in [2.24, 2.45) is 5.92 Å². The third-order valence-corrected chi connectivity index (χ3v) is 4.76. The summed E-state index contributed by atoms with van der Waals surface area (Å²) in [6.45, 7) is 6.35. The molecule has 0 saturated carbocycles. The molecule has 1 amide bonds. The molecule has 7 nitrogen and oxygen atoms in total. The number of carboxylic acid groups (broad SMARTS) is 1. The van der Waals surface area contributed by atoms with Crippen LogP contribution in [-0.2, 0) is 9.59 Å². The van der Waals surface area contributed by atoms with Crippen molar-refractivity contribution in [2.45, 2.75) is 44.4 Å². The second kappa shape index (κ2) is 6.46. The third kappa shape index (κ3) is 3.37. The van der Waals surface area contributed by atoms with E-state index in [1.54, 1.807) is 18.2 Å². The van der Waals surface area contributed by atoms with Gasteiger partial charge in [0.2, 0.25) is 5.91 Å². The molecule has 1 aromatic heterocycles. The summed E-state index contributed by atoms with van der Waals surface area (Å²) >= 11 is 1.34. The zero-order valence-electron chi connectivity index (χ0n) is 12.4. The molecule has 1 aliphatic heterocycles. The van der Waals surface area contributed by atoms with Gasteiger partial charge in [0.05, 0.1) is 11.7 Å². The van der Waals surface area contributed by atoms with Crippen LogP contribution in [0.5, 0.6) is 0 Å². The fraction of sp³-hybridized carbons (Fsp3) is 0.692. The van der Waals surface area contributed by atoms with Crippen LogP contribution < -0.4 is 0 Å². The van der Waals surface area contributed by atoms with Gasteiger partial charge in [-0.25, -0.2) is 0 Å². The molecule has 2 rings (SSSR count). The van der Waals surface area contributed by atoms with E-state index in [-0.39, 0.29) is 23.7 Å². The van der Waals surface area contributed by atoms with Crippen molar-refractivity contribution in [3.63, 3.8) is 0 Å². The number of amides is 1. The number of nitrogens with zero attached hydrogens (tertiary/aromatic N) is 4. The van der Waals surface area contributed by atoms with Crippen LogP contribution in [0.15, 0.2) is 11.5 Å². The van der Waals surface area contributed by atoms with Crippen LogP contribution in [0.1, 0.15) is 33.2 Å². The molecule has 1 saturated heterocycles. The molecule has 2 atom stereocenters. The second-order valence-electron chi connectivity index (χ2n) is 5.46. The monoisotopic (exact) mass is 312 g/mol. The topological polar surface area (TPSA) is 88.3 Å². The van der Waals surface area contributed by atoms with E-state index in [0.717, 1.165) is 0 Å². The summed E-state index contributed by atoms with van der Waals surface area (Å²) in [6, 6.07) is -0.0155. The molecule has 1 N–H and O–H groups in total. The summed E-state index contributed by atoms with van der Waals surface area (Å²) in [5.41, 5.74) is 0. The Hall–Kier alpha value is -1.57. The summed E-state index contributed by atoms with van der Waals surface area (Å²) < 4.78 is 1.91. The lowest BCUT2D eigenvalue weighted by Crippen LogP contribution is -2.38. The van der Waals surface area contributed by atoms with Crippen LogP contribution in [0.25, 0.3) is 0 Å². The van der Waals surface area contributed by atoms with Gasteiger partial charge in [-0.1, -0.05) is 11.8 Å². The van der Waals surface area contributed by atoms with Gasteiger partial charge in [-0.15, -0.1) is 10.2 Å². The van der Waals surface area contributed by atoms with E-state index in [9.17, 15) is 9.59 Å². The van der Waals surface area contributed by atoms with Crippen LogP contribution in [-0.4, -0.2) is 55.0 Å². The molecule has 21 heavy (non-hydrogen) atoms. The van der Waals surface area contributed by atoms with Gasteiger partial charge in [-0.2, -0.15) is 0 Å². The lowest BCUT2D eigenvalue weighted by atomic mass is 10.0. The van der Waals surface area contributed by atoms with Crippen LogP contribution in [0.3, 0.4) is 0 Å². The Bertz CT molecular complexity index is 531. The fourth-order valence-corrected chi connectivity index (χ4v) is 3.45. The zero-order chi connectivity index (χ0) is 15.6. The quantitative estimate of drug-likeness (QED) is 0.824. The van der Waals surface area contributed by atoms with Crippen molar-refractivity contribution in [3.05, 3.63) is 6.33 Å². The summed E-state index contributed by atoms with van der Waals surface area (Å²) in [5, 5.41) is 17.7. The highest BCUT2D eigenvalue weighted by molar-refractivity contribution is 7.99. The molecule has 2 heterocycles. The molecule has 1 aromatic rings. The maximum atomic E-state index is 12.3. The van der Waals surface area contributed by atoms with Gasteiger partial charge in [0, 0.05) is 18.6 Å². The average molecular weight is 312 g/mol. The number of hydrogen-bond acceptors (Lipinski definition) is 5. The number of carbonyl (C=O) groups excluding carboxylic acids is 1. The molecule has 1 fully saturated rings. The molecule has 0 aliphatic carbocycles. The predicted octanol–water partition coefficient (Wildman–Crippen LogP) is 1.27. The molecule has 0 bridgehead atoms. The van der Waals surface area contributed by atoms with E-state index < -0.39 is 11.9 Å². The first-order valence-corrected chi connectivity index (χ1v) is 7.95. The summed E-state index contributed by atoms with van der Waals surface area (Å²) in [4.78, 5) is 25.0. The van der Waals surface area contributed by atoms with Gasteiger partial charge >= 0.3 is 5.97 Å². The van der Waals surface area contributed by atoms with E-state index in [2.05, 4.69) is 10.2 Å². The molecule has 1 aliphatic rings. The lowest BCUT2D eigenvalue weighted by Gasteiger charge is -2.23. The number of likely N-dealkylation sites (tertiary alicyclic amines) is 1. The first kappa shape index (κ1) is 15.8. The van der Waals surface area contributed by atoms with Gasteiger partial charge in [0.15, 0.2) is 5.16 Å². The number of carboxylic acids is 1. The van der Waals surface area contributed by atoms with Crippen LogP contribution in [0, 0.1) is 5.92 Å². The van der Waals surface area contributed by atoms with Crippen LogP contribution >= 0.6 is 11.8 Å². The minimum atomic E-state index is -0.829. The van der Waals surface area contributed by atoms with Crippen molar-refractivity contribution in [3.8, 4) is 0 Å². The van der Waals surface area contributed by atoms with Gasteiger partial charge in [0.1, 0.15) is 6.33 Å². The van der Waals surface area contributed by atoms with Gasteiger partial charge < -0.3 is 14.6 Å². The van der Waals surface area contributed by atoms with E-state index in [4.69, 9.17) is 5.11 Å². The van der Waals surface area contributed by atoms with Crippen molar-refractivity contribution in [1.82, 2.24) is 19.7 Å². The minimum absolute atomic E-state index is 0.0467. The maximum absolute atomic E-state index is 12.3. The number of carbonyl (C=O) groups is 2. The standard InChI is InChI=1S/C13H20N4O3S/c1-8(2)17-7-14-15-13(17)21-6-11(18)16-5-4-10(9(16)3)12(19)20/h7-10H,4-6H2,1-3H3,(H,19,20). The molecule has 8 heteroatoms. The van der Waals surface area contributed by atoms with Gasteiger partial charge in [0.25, 0.3) is 0 Å². The van der Waals surface area contributed by atoms with E-state index in [1.807, 2.05) is 18.4 Å². The molecule has 2 unspecified atom stereocenters. The molecular weight excluding hydrogens is 292 g/mol. The molecule has 0 aromatic carbocycles. The Morgan fingerprint density at radius 2 is 2.24 bits per heavy atom. The zero-order valence-corrected chi connectivity index (χ0v) is 13.2. The number of aromatic nitrogens is 3. The third-order valence-electron chi connectivity index (χ3n) is 3.81. The number of rotatable bonds is 5. The van der Waals surface area contributed by atoms with Crippen molar-refractivity contribution < 1.29 is 14.7 Å². The lowest BCUT2D eigenvalue weighted by molar-refractivity contribution is -0.142. The molecule has 0 radical (unpaired) electrons. The van der Waals surface area contributed by atoms with E-state index in [0.29, 0.717) is 18.1 Å². The molecule has 116 valence electrons. The van der Waals surface area contributed by atoms with Crippen LogP contribution in [0.2, 0.25) is 0 Å². The van der Waals surface area contributed by atoms with Crippen LogP contribution in [0.4, 0.5) is 0 Å². The minimum Gasteiger partial charge on any atom is -0.481 e. The molecule has 0 spiro atoms. The van der Waals surface area contributed by atoms with Crippen molar-refractivity contribution in [2.75, 3.05) is 12.3 Å². The number of hydrogen-bond donors (Lipinski definition) is 1. The largest absolute Gasteiger partial charge is 0.481 e. The highest BCUT2D eigenvalue weighted by atomic mass is 32.2. The van der Waals surface area contributed by atoms with Gasteiger partial charge in [-0.05, 0) is 27.2 Å². The Balaban J connectivity index is 1.94. The SMILES string of the molecule is CC1C(C(=O)O)CCN1C(=O)CSc1nncn1C(C)C. The van der Waals surface area contributed by atoms with E-state index in [1.165, 1.54) is 11.8 Å². The number of aliphatic carboxylic acids is 1. The Labute approximate surface area is 127 Å². The Morgan fingerprint density at radius 1 is 1.52 bits per heavy atom. The van der Waals surface area contributed by atoms with Gasteiger partial charge in [-0.3, -0.25) is 9.59 Å². The number of thioether (sulfide) groups is 1. The Morgan fingerprint density at radius 3 is 2.81 bits per heavy atom. The van der Waals surface area contributed by atoms with Crippen molar-refractivity contribution in [1.29, 1.82) is 0 Å². The predicted molar refractivity (Wildman–Crippen MR) is 78.0 cm³/mol. The Kier molecular flexibility index (Phi) is 4.87. The summed E-state index contributed by atoms with van der Waals surface area (Å²) in [5.74, 6) is -1.08. The smallest absolute Gasteiger partial charge is 0.308 e. The first-order chi connectivity index (χ1) is 9.91.